The summed E-state index contributed by atoms with van der Waals surface area (Å²) >= 11 is 0. The minimum atomic E-state index is -0.595. The molecule has 1 aromatic carbocycles. The summed E-state index contributed by atoms with van der Waals surface area (Å²) in [6.45, 7) is 5.56. The Morgan fingerprint density at radius 3 is 2.28 bits per heavy atom. The fourth-order valence-corrected chi connectivity index (χ4v) is 3.01. The first-order valence-corrected chi connectivity index (χ1v) is 8.02. The molecule has 1 aliphatic rings. The lowest BCUT2D eigenvalue weighted by molar-refractivity contribution is -0.139. The Morgan fingerprint density at radius 1 is 1.08 bits per heavy atom. The third kappa shape index (κ3) is 3.68. The molecule has 2 rings (SSSR count). The molecule has 25 heavy (non-hydrogen) atoms. The largest absolute Gasteiger partial charge is 0.497 e. The number of ether oxygens (including phenoxy) is 3. The predicted molar refractivity (Wildman–Crippen MR) is 92.9 cm³/mol. The first-order chi connectivity index (χ1) is 11.9. The normalized spacial score (nSPS) is 17.1. The molecule has 0 radical (unpaired) electrons. The molecule has 134 valence electrons. The van der Waals surface area contributed by atoms with Gasteiger partial charge in [0.05, 0.1) is 37.9 Å². The van der Waals surface area contributed by atoms with Gasteiger partial charge in [-0.25, -0.2) is 9.59 Å². The third-order valence-corrected chi connectivity index (χ3v) is 4.09. The van der Waals surface area contributed by atoms with Crippen LogP contribution in [-0.2, 0) is 19.1 Å². The molecule has 6 nitrogen and oxygen atoms in total. The van der Waals surface area contributed by atoms with Crippen LogP contribution >= 0.6 is 0 Å². The van der Waals surface area contributed by atoms with Crippen molar-refractivity contribution in [2.24, 2.45) is 0 Å². The van der Waals surface area contributed by atoms with Crippen molar-refractivity contribution >= 4 is 11.9 Å². The summed E-state index contributed by atoms with van der Waals surface area (Å²) in [6.07, 6.45) is 0. The predicted octanol–water partition coefficient (Wildman–Crippen LogP) is 2.67. The number of dihydropyridines is 1. The van der Waals surface area contributed by atoms with Crippen molar-refractivity contribution in [3.63, 3.8) is 0 Å². The number of rotatable bonds is 5. The summed E-state index contributed by atoms with van der Waals surface area (Å²) in [5, 5.41) is 3.09. The van der Waals surface area contributed by atoms with E-state index in [0.29, 0.717) is 28.3 Å². The maximum atomic E-state index is 12.6. The van der Waals surface area contributed by atoms with Gasteiger partial charge in [-0.2, -0.15) is 0 Å². The second-order valence-electron chi connectivity index (χ2n) is 5.62. The number of carbonyl (C=O) groups excluding carboxylic acids is 2. The Kier molecular flexibility index (Phi) is 5.85. The summed E-state index contributed by atoms with van der Waals surface area (Å²) in [4.78, 5) is 25.0. The second kappa shape index (κ2) is 7.88. The molecule has 6 heteroatoms. The Labute approximate surface area is 147 Å². The molecule has 1 heterocycles. The number of esters is 2. The fourth-order valence-electron chi connectivity index (χ4n) is 3.01. The highest BCUT2D eigenvalue weighted by Crippen LogP contribution is 2.40. The molecule has 0 aromatic heterocycles. The van der Waals surface area contributed by atoms with Gasteiger partial charge in [0.1, 0.15) is 5.75 Å². The molecule has 0 aliphatic carbocycles. The van der Waals surface area contributed by atoms with Gasteiger partial charge in [0.25, 0.3) is 0 Å². The van der Waals surface area contributed by atoms with Crippen molar-refractivity contribution in [1.29, 1.82) is 0 Å². The molecule has 0 amide bonds. The van der Waals surface area contributed by atoms with Crippen LogP contribution in [0, 0.1) is 0 Å². The maximum Gasteiger partial charge on any atom is 0.336 e. The molecule has 1 unspecified atom stereocenters. The SMILES string of the molecule is CCOC(=O)C1=C(C)NC(C)=C(C(=O)OC)C1c1cccc(OC)c1. The zero-order chi connectivity index (χ0) is 18.6. The van der Waals surface area contributed by atoms with E-state index < -0.39 is 17.9 Å². The van der Waals surface area contributed by atoms with Gasteiger partial charge >= 0.3 is 11.9 Å². The van der Waals surface area contributed by atoms with Crippen molar-refractivity contribution < 1.29 is 23.8 Å². The van der Waals surface area contributed by atoms with E-state index in [1.165, 1.54) is 7.11 Å². The van der Waals surface area contributed by atoms with Gasteiger partial charge < -0.3 is 19.5 Å². The molecule has 0 fully saturated rings. The smallest absolute Gasteiger partial charge is 0.336 e. The lowest BCUT2D eigenvalue weighted by Gasteiger charge is -2.30. The second-order valence-corrected chi connectivity index (χ2v) is 5.62. The zero-order valence-electron chi connectivity index (χ0n) is 15.1. The van der Waals surface area contributed by atoms with Gasteiger partial charge in [-0.3, -0.25) is 0 Å². The summed E-state index contributed by atoms with van der Waals surface area (Å²) in [7, 11) is 2.89. The topological polar surface area (TPSA) is 73.9 Å². The molecule has 0 saturated carbocycles. The van der Waals surface area contributed by atoms with Crippen LogP contribution < -0.4 is 10.1 Å². The third-order valence-electron chi connectivity index (χ3n) is 4.09. The standard InChI is InChI=1S/C19H23NO5/c1-6-25-19(22)16-12(3)20-11(2)15(18(21)24-5)17(16)13-8-7-9-14(10-13)23-4/h7-10,17,20H,6H2,1-5H3. The number of benzene rings is 1. The van der Waals surface area contributed by atoms with Gasteiger partial charge in [-0.1, -0.05) is 12.1 Å². The number of allylic oxidation sites excluding steroid dienone is 2. The number of nitrogens with one attached hydrogen (secondary N) is 1. The van der Waals surface area contributed by atoms with E-state index in [9.17, 15) is 9.59 Å². The van der Waals surface area contributed by atoms with Crippen LogP contribution in [0.15, 0.2) is 46.8 Å². The zero-order valence-corrected chi connectivity index (χ0v) is 15.1. The molecule has 1 atom stereocenters. The maximum absolute atomic E-state index is 12.6. The quantitative estimate of drug-likeness (QED) is 0.827. The Bertz CT molecular complexity index is 748. The Balaban J connectivity index is 2.66. The van der Waals surface area contributed by atoms with Gasteiger partial charge in [-0.15, -0.1) is 0 Å². The number of methoxy groups -OCH3 is 2. The minimum absolute atomic E-state index is 0.247. The van der Waals surface area contributed by atoms with Crippen molar-refractivity contribution in [1.82, 2.24) is 5.32 Å². The monoisotopic (exact) mass is 345 g/mol. The fraction of sp³-hybridized carbons (Fsp3) is 0.368. The molecular formula is C19H23NO5. The van der Waals surface area contributed by atoms with Gasteiger partial charge in [0.2, 0.25) is 0 Å². The van der Waals surface area contributed by atoms with E-state index in [1.807, 2.05) is 12.1 Å². The van der Waals surface area contributed by atoms with Crippen LogP contribution in [0.5, 0.6) is 5.75 Å². The van der Waals surface area contributed by atoms with Crippen LogP contribution in [0.1, 0.15) is 32.3 Å². The number of carbonyl (C=O) groups is 2. The van der Waals surface area contributed by atoms with E-state index in [-0.39, 0.29) is 6.61 Å². The highest BCUT2D eigenvalue weighted by molar-refractivity contribution is 5.99. The lowest BCUT2D eigenvalue weighted by Crippen LogP contribution is -2.32. The van der Waals surface area contributed by atoms with Crippen LogP contribution in [-0.4, -0.2) is 32.8 Å². The van der Waals surface area contributed by atoms with E-state index in [2.05, 4.69) is 5.32 Å². The van der Waals surface area contributed by atoms with Crippen LogP contribution in [0.25, 0.3) is 0 Å². The van der Waals surface area contributed by atoms with Crippen LogP contribution in [0.4, 0.5) is 0 Å². The van der Waals surface area contributed by atoms with Gasteiger partial charge in [-0.05, 0) is 38.5 Å². The summed E-state index contributed by atoms with van der Waals surface area (Å²) in [5.74, 6) is -0.914. The molecule has 0 spiro atoms. The van der Waals surface area contributed by atoms with Crippen molar-refractivity contribution in [3.8, 4) is 5.75 Å². The van der Waals surface area contributed by atoms with Gasteiger partial charge in [0.15, 0.2) is 0 Å². The van der Waals surface area contributed by atoms with Crippen molar-refractivity contribution in [3.05, 3.63) is 52.4 Å². The van der Waals surface area contributed by atoms with E-state index >= 15 is 0 Å². The van der Waals surface area contributed by atoms with Crippen molar-refractivity contribution in [2.75, 3.05) is 20.8 Å². The first kappa shape index (κ1) is 18.6. The summed E-state index contributed by atoms with van der Waals surface area (Å²) in [5.41, 5.74) is 2.81. The molecular weight excluding hydrogens is 322 g/mol. The Hall–Kier alpha value is -2.76. The van der Waals surface area contributed by atoms with Crippen LogP contribution in [0.3, 0.4) is 0 Å². The highest BCUT2D eigenvalue weighted by atomic mass is 16.5. The summed E-state index contributed by atoms with van der Waals surface area (Å²) in [6, 6.07) is 7.28. The molecule has 0 bridgehead atoms. The first-order valence-electron chi connectivity index (χ1n) is 8.02. The number of hydrogen-bond acceptors (Lipinski definition) is 6. The van der Waals surface area contributed by atoms with E-state index in [1.54, 1.807) is 40.0 Å². The molecule has 0 saturated heterocycles. The van der Waals surface area contributed by atoms with Gasteiger partial charge in [0, 0.05) is 11.4 Å². The lowest BCUT2D eigenvalue weighted by atomic mass is 9.80. The molecule has 1 aromatic rings. The highest BCUT2D eigenvalue weighted by Gasteiger charge is 2.37. The minimum Gasteiger partial charge on any atom is -0.497 e. The number of hydrogen-bond donors (Lipinski definition) is 1. The average Bonchev–Trinajstić information content (AvgIpc) is 2.60. The molecule has 1 aliphatic heterocycles. The average molecular weight is 345 g/mol. The van der Waals surface area contributed by atoms with E-state index in [0.717, 1.165) is 5.56 Å². The van der Waals surface area contributed by atoms with E-state index in [4.69, 9.17) is 14.2 Å². The van der Waals surface area contributed by atoms with Crippen molar-refractivity contribution in [2.45, 2.75) is 26.7 Å². The van der Waals surface area contributed by atoms with Crippen LogP contribution in [0.2, 0.25) is 0 Å². The Morgan fingerprint density at radius 2 is 1.72 bits per heavy atom. The molecule has 1 N–H and O–H groups in total. The summed E-state index contributed by atoms with van der Waals surface area (Å²) < 4.78 is 15.4.